The zero-order chi connectivity index (χ0) is 11.5. The van der Waals surface area contributed by atoms with E-state index in [9.17, 15) is 4.79 Å². The number of rotatable bonds is 3. The van der Waals surface area contributed by atoms with E-state index in [0.717, 1.165) is 11.3 Å². The number of aliphatic imine (C=N–C) groups is 1. The van der Waals surface area contributed by atoms with Gasteiger partial charge in [0.25, 0.3) is 0 Å². The molecular weight excluding hydrogens is 246 g/mol. The summed E-state index contributed by atoms with van der Waals surface area (Å²) in [5, 5.41) is 10.1. The molecule has 84 valence electrons. The number of halogens is 1. The number of hydrogen-bond acceptors (Lipinski definition) is 3. The number of carboxylic acids is 1. The van der Waals surface area contributed by atoms with Crippen LogP contribution in [0, 0.1) is 0 Å². The van der Waals surface area contributed by atoms with Crippen molar-refractivity contribution >= 4 is 34.4 Å². The Kier molecular flexibility index (Phi) is 3.51. The molecule has 3 nitrogen and oxygen atoms in total. The van der Waals surface area contributed by atoms with E-state index >= 15 is 0 Å². The van der Waals surface area contributed by atoms with Crippen molar-refractivity contribution in [1.29, 1.82) is 0 Å². The van der Waals surface area contributed by atoms with E-state index in [1.54, 1.807) is 0 Å². The summed E-state index contributed by atoms with van der Waals surface area (Å²) in [6, 6.07) is 7.58. The molecular formula is C11H10ClNO2S. The van der Waals surface area contributed by atoms with Crippen LogP contribution in [0.3, 0.4) is 0 Å². The van der Waals surface area contributed by atoms with Gasteiger partial charge in [-0.25, -0.2) is 0 Å². The van der Waals surface area contributed by atoms with Crippen LogP contribution in [-0.4, -0.2) is 21.9 Å². The van der Waals surface area contributed by atoms with Gasteiger partial charge in [-0.15, -0.1) is 11.8 Å². The van der Waals surface area contributed by atoms with Crippen LogP contribution in [0.15, 0.2) is 29.3 Å². The molecule has 0 aliphatic carbocycles. The lowest BCUT2D eigenvalue weighted by molar-refractivity contribution is -0.135. The Bertz CT molecular complexity index is 430. The van der Waals surface area contributed by atoms with E-state index in [4.69, 9.17) is 16.7 Å². The van der Waals surface area contributed by atoms with Gasteiger partial charge in [-0.2, -0.15) is 0 Å². The van der Waals surface area contributed by atoms with Crippen LogP contribution in [0.25, 0.3) is 0 Å². The first-order valence-electron chi connectivity index (χ1n) is 4.82. The second-order valence-corrected chi connectivity index (χ2v) is 5.00. The van der Waals surface area contributed by atoms with Crippen molar-refractivity contribution in [1.82, 2.24) is 0 Å². The predicted octanol–water partition coefficient (Wildman–Crippen LogP) is 3.00. The highest BCUT2D eigenvalue weighted by Crippen LogP contribution is 2.31. The Hall–Kier alpha value is -1.000. The monoisotopic (exact) mass is 255 g/mol. The fourth-order valence-electron chi connectivity index (χ4n) is 1.51. The molecule has 1 aromatic carbocycles. The van der Waals surface area contributed by atoms with Crippen LogP contribution in [-0.2, 0) is 4.79 Å². The maximum Gasteiger partial charge on any atom is 0.309 e. The minimum absolute atomic E-state index is 0.0226. The summed E-state index contributed by atoms with van der Waals surface area (Å²) in [6.45, 7) is 0. The zero-order valence-electron chi connectivity index (χ0n) is 8.39. The molecule has 1 aliphatic rings. The summed E-state index contributed by atoms with van der Waals surface area (Å²) in [5.41, 5.74) is 1.08. The van der Waals surface area contributed by atoms with Gasteiger partial charge in [0, 0.05) is 10.8 Å². The summed E-state index contributed by atoms with van der Waals surface area (Å²) in [6.07, 6.45) is 0.0226. The summed E-state index contributed by atoms with van der Waals surface area (Å²) < 4.78 is 0. The molecule has 1 aromatic rings. The SMILES string of the molecule is O=C(O)CC1=NC(c2ccc(Cl)cc2)CS1. The lowest BCUT2D eigenvalue weighted by atomic mass is 10.1. The molecule has 5 heteroatoms. The lowest BCUT2D eigenvalue weighted by Gasteiger charge is -2.05. The molecule has 1 unspecified atom stereocenters. The summed E-state index contributed by atoms with van der Waals surface area (Å²) >= 11 is 7.31. The van der Waals surface area contributed by atoms with E-state index in [2.05, 4.69) is 4.99 Å². The largest absolute Gasteiger partial charge is 0.481 e. The third-order valence-corrected chi connectivity index (χ3v) is 3.58. The van der Waals surface area contributed by atoms with Crippen molar-refractivity contribution in [3.63, 3.8) is 0 Å². The molecule has 1 atom stereocenters. The second-order valence-electron chi connectivity index (χ2n) is 3.47. The van der Waals surface area contributed by atoms with E-state index in [0.29, 0.717) is 10.1 Å². The molecule has 0 amide bonds. The van der Waals surface area contributed by atoms with Gasteiger partial charge in [0.2, 0.25) is 0 Å². The van der Waals surface area contributed by atoms with Gasteiger partial charge in [-0.05, 0) is 17.7 Å². The smallest absolute Gasteiger partial charge is 0.309 e. The van der Waals surface area contributed by atoms with Crippen LogP contribution in [0.4, 0.5) is 0 Å². The molecule has 1 aliphatic heterocycles. The number of nitrogens with zero attached hydrogens (tertiary/aromatic N) is 1. The average molecular weight is 256 g/mol. The van der Waals surface area contributed by atoms with Crippen molar-refractivity contribution < 1.29 is 9.90 Å². The maximum absolute atomic E-state index is 10.5. The first-order chi connectivity index (χ1) is 7.65. The highest BCUT2D eigenvalue weighted by atomic mass is 35.5. The number of carboxylic acid groups (broad SMARTS) is 1. The van der Waals surface area contributed by atoms with E-state index in [-0.39, 0.29) is 12.5 Å². The molecule has 1 heterocycles. The zero-order valence-corrected chi connectivity index (χ0v) is 9.96. The molecule has 0 spiro atoms. The van der Waals surface area contributed by atoms with Crippen molar-refractivity contribution in [3.8, 4) is 0 Å². The molecule has 16 heavy (non-hydrogen) atoms. The maximum atomic E-state index is 10.5. The number of thioether (sulfide) groups is 1. The van der Waals surface area contributed by atoms with Gasteiger partial charge < -0.3 is 5.11 Å². The Morgan fingerprint density at radius 2 is 2.19 bits per heavy atom. The quantitative estimate of drug-likeness (QED) is 0.903. The molecule has 0 radical (unpaired) electrons. The molecule has 0 fully saturated rings. The Morgan fingerprint density at radius 1 is 1.50 bits per heavy atom. The molecule has 1 N–H and O–H groups in total. The van der Waals surface area contributed by atoms with Crippen molar-refractivity contribution in [2.75, 3.05) is 5.75 Å². The molecule has 0 saturated carbocycles. The van der Waals surface area contributed by atoms with E-state index in [1.807, 2.05) is 24.3 Å². The van der Waals surface area contributed by atoms with Crippen molar-refractivity contribution in [3.05, 3.63) is 34.9 Å². The Balaban J connectivity index is 2.10. The number of aliphatic carboxylic acids is 1. The minimum Gasteiger partial charge on any atom is -0.481 e. The van der Waals surface area contributed by atoms with Crippen LogP contribution < -0.4 is 0 Å². The van der Waals surface area contributed by atoms with Gasteiger partial charge in [-0.3, -0.25) is 9.79 Å². The third kappa shape index (κ3) is 2.77. The summed E-state index contributed by atoms with van der Waals surface area (Å²) in [7, 11) is 0. The fourth-order valence-corrected chi connectivity index (χ4v) is 2.68. The standard InChI is InChI=1S/C11H10ClNO2S/c12-8-3-1-7(2-4-8)9-6-16-10(13-9)5-11(14)15/h1-4,9H,5-6H2,(H,14,15). The van der Waals surface area contributed by atoms with E-state index in [1.165, 1.54) is 11.8 Å². The second kappa shape index (κ2) is 4.89. The normalized spacial score (nSPS) is 19.6. The molecule has 0 aromatic heterocycles. The fraction of sp³-hybridized carbons (Fsp3) is 0.273. The van der Waals surface area contributed by atoms with Gasteiger partial charge in [-0.1, -0.05) is 23.7 Å². The molecule has 2 rings (SSSR count). The number of benzene rings is 1. The van der Waals surface area contributed by atoms with Crippen molar-refractivity contribution in [2.45, 2.75) is 12.5 Å². The van der Waals surface area contributed by atoms with Crippen LogP contribution in [0.2, 0.25) is 5.02 Å². The number of hydrogen-bond donors (Lipinski definition) is 1. The summed E-state index contributed by atoms with van der Waals surface area (Å²) in [4.78, 5) is 14.9. The average Bonchev–Trinajstić information content (AvgIpc) is 2.66. The van der Waals surface area contributed by atoms with Gasteiger partial charge in [0.05, 0.1) is 17.5 Å². The first-order valence-corrected chi connectivity index (χ1v) is 6.18. The minimum atomic E-state index is -0.831. The first kappa shape index (κ1) is 11.5. The highest BCUT2D eigenvalue weighted by Gasteiger charge is 2.21. The van der Waals surface area contributed by atoms with Crippen LogP contribution in [0.1, 0.15) is 18.0 Å². The third-order valence-electron chi connectivity index (χ3n) is 2.26. The molecule has 0 bridgehead atoms. The molecule has 0 saturated heterocycles. The lowest BCUT2D eigenvalue weighted by Crippen LogP contribution is -2.00. The highest BCUT2D eigenvalue weighted by molar-refractivity contribution is 8.14. The van der Waals surface area contributed by atoms with Gasteiger partial charge in [0.15, 0.2) is 0 Å². The van der Waals surface area contributed by atoms with E-state index < -0.39 is 5.97 Å². The topological polar surface area (TPSA) is 49.7 Å². The Morgan fingerprint density at radius 3 is 2.81 bits per heavy atom. The van der Waals surface area contributed by atoms with Gasteiger partial charge in [0.1, 0.15) is 0 Å². The van der Waals surface area contributed by atoms with Crippen LogP contribution >= 0.6 is 23.4 Å². The summed E-state index contributed by atoms with van der Waals surface area (Å²) in [5.74, 6) is -0.0208. The van der Waals surface area contributed by atoms with Crippen LogP contribution in [0.5, 0.6) is 0 Å². The predicted molar refractivity (Wildman–Crippen MR) is 66.3 cm³/mol. The van der Waals surface area contributed by atoms with Gasteiger partial charge >= 0.3 is 5.97 Å². The van der Waals surface area contributed by atoms with Crippen molar-refractivity contribution in [2.24, 2.45) is 4.99 Å². The Labute approximate surface area is 103 Å². The number of carbonyl (C=O) groups is 1.